The molecule has 3 atom stereocenters. The van der Waals surface area contributed by atoms with Crippen molar-refractivity contribution in [2.75, 3.05) is 7.11 Å². The highest BCUT2D eigenvalue weighted by atomic mass is 35.5. The first-order valence-electron chi connectivity index (χ1n) is 6.70. The fourth-order valence-corrected chi connectivity index (χ4v) is 4.07. The summed E-state index contributed by atoms with van der Waals surface area (Å²) in [6.45, 7) is 0. The summed E-state index contributed by atoms with van der Waals surface area (Å²) >= 11 is 6.54. The van der Waals surface area contributed by atoms with Crippen molar-refractivity contribution >= 4 is 11.6 Å². The lowest BCUT2D eigenvalue weighted by Crippen LogP contribution is -1.98. The number of hydrogen-bond donors (Lipinski definition) is 0. The van der Waals surface area contributed by atoms with Crippen LogP contribution in [-0.2, 0) is 0 Å². The summed E-state index contributed by atoms with van der Waals surface area (Å²) in [5.74, 6) is 2.10. The highest BCUT2D eigenvalue weighted by molar-refractivity contribution is 6.21. The molecule has 1 nitrogen and oxygen atoms in total. The van der Waals surface area contributed by atoms with Gasteiger partial charge in [0.15, 0.2) is 11.6 Å². The van der Waals surface area contributed by atoms with Crippen LogP contribution in [0.5, 0.6) is 5.75 Å². The van der Waals surface area contributed by atoms with Gasteiger partial charge in [0.05, 0.1) is 12.5 Å². The Balaban J connectivity index is 1.76. The van der Waals surface area contributed by atoms with Crippen LogP contribution < -0.4 is 4.74 Å². The second kappa shape index (κ2) is 4.73. The van der Waals surface area contributed by atoms with Crippen molar-refractivity contribution in [3.8, 4) is 5.75 Å². The van der Waals surface area contributed by atoms with Gasteiger partial charge in [0, 0.05) is 0 Å². The summed E-state index contributed by atoms with van der Waals surface area (Å²) in [5, 5.41) is -0.0430. The maximum atomic E-state index is 13.7. The molecule has 2 saturated carbocycles. The van der Waals surface area contributed by atoms with Gasteiger partial charge in [0.25, 0.3) is 0 Å². The number of rotatable bonds is 3. The van der Waals surface area contributed by atoms with Gasteiger partial charge in [0.1, 0.15) is 0 Å². The molecule has 3 rings (SSSR count). The third-order valence-electron chi connectivity index (χ3n) is 4.55. The van der Waals surface area contributed by atoms with Gasteiger partial charge in [0.2, 0.25) is 0 Å². The largest absolute Gasteiger partial charge is 0.494 e. The van der Waals surface area contributed by atoms with Gasteiger partial charge in [-0.1, -0.05) is 18.9 Å². The van der Waals surface area contributed by atoms with E-state index < -0.39 is 0 Å². The molecule has 0 amide bonds. The van der Waals surface area contributed by atoms with Crippen LogP contribution in [0.15, 0.2) is 18.2 Å². The Labute approximate surface area is 112 Å². The minimum absolute atomic E-state index is 0.0430. The van der Waals surface area contributed by atoms with Crippen LogP contribution in [0.2, 0.25) is 0 Å². The summed E-state index contributed by atoms with van der Waals surface area (Å²) in [5.41, 5.74) is 0.898. The molecule has 2 fully saturated rings. The minimum atomic E-state index is -0.315. The van der Waals surface area contributed by atoms with Crippen molar-refractivity contribution in [3.63, 3.8) is 0 Å². The zero-order chi connectivity index (χ0) is 12.7. The van der Waals surface area contributed by atoms with Crippen LogP contribution in [-0.4, -0.2) is 7.11 Å². The summed E-state index contributed by atoms with van der Waals surface area (Å²) in [6, 6.07) is 5.09. The lowest BCUT2D eigenvalue weighted by Gasteiger charge is -2.11. The van der Waals surface area contributed by atoms with Gasteiger partial charge >= 0.3 is 0 Å². The Morgan fingerprint density at radius 2 is 1.94 bits per heavy atom. The number of ether oxygens (including phenoxy) is 1. The molecule has 2 aliphatic rings. The van der Waals surface area contributed by atoms with E-state index in [1.165, 1.54) is 38.9 Å². The molecule has 0 aliphatic heterocycles. The van der Waals surface area contributed by atoms with Crippen LogP contribution in [0.3, 0.4) is 0 Å². The van der Waals surface area contributed by atoms with Crippen LogP contribution in [0.25, 0.3) is 0 Å². The van der Waals surface area contributed by atoms with Crippen molar-refractivity contribution in [3.05, 3.63) is 29.6 Å². The Kier molecular flexibility index (Phi) is 3.23. The minimum Gasteiger partial charge on any atom is -0.494 e. The van der Waals surface area contributed by atoms with Gasteiger partial charge in [-0.2, -0.15) is 0 Å². The number of hydrogen-bond acceptors (Lipinski definition) is 1. The van der Waals surface area contributed by atoms with E-state index in [0.29, 0.717) is 5.92 Å². The van der Waals surface area contributed by atoms with Crippen molar-refractivity contribution in [1.82, 2.24) is 0 Å². The van der Waals surface area contributed by atoms with Crippen molar-refractivity contribution in [2.24, 2.45) is 17.8 Å². The summed E-state index contributed by atoms with van der Waals surface area (Å²) in [7, 11) is 1.48. The smallest absolute Gasteiger partial charge is 0.165 e. The van der Waals surface area contributed by atoms with E-state index >= 15 is 0 Å². The predicted molar refractivity (Wildman–Crippen MR) is 70.5 cm³/mol. The first kappa shape index (κ1) is 12.3. The second-order valence-corrected chi connectivity index (χ2v) is 5.96. The standard InChI is InChI=1S/C15H18ClFO/c1-18-13-7-6-9(8-12(13)17)15(16)14-10-4-2-3-5-11(10)14/h6-8,10-11,14-15H,2-5H2,1H3. The van der Waals surface area contributed by atoms with Crippen molar-refractivity contribution in [1.29, 1.82) is 0 Å². The second-order valence-electron chi connectivity index (χ2n) is 5.49. The Morgan fingerprint density at radius 1 is 1.28 bits per heavy atom. The van der Waals surface area contributed by atoms with Gasteiger partial charge in [-0.05, 0) is 48.3 Å². The average molecular weight is 269 g/mol. The quantitative estimate of drug-likeness (QED) is 0.731. The molecule has 0 bridgehead atoms. The number of fused-ring (bicyclic) bond motifs is 1. The number of halogens is 2. The van der Waals surface area contributed by atoms with E-state index in [4.69, 9.17) is 16.3 Å². The molecule has 0 spiro atoms. The van der Waals surface area contributed by atoms with E-state index in [0.717, 1.165) is 17.4 Å². The summed E-state index contributed by atoms with van der Waals surface area (Å²) in [4.78, 5) is 0. The van der Waals surface area contributed by atoms with Crippen LogP contribution in [0.1, 0.15) is 36.6 Å². The number of alkyl halides is 1. The highest BCUT2D eigenvalue weighted by Crippen LogP contribution is 2.62. The topological polar surface area (TPSA) is 9.23 Å². The molecule has 0 N–H and O–H groups in total. The molecule has 0 aromatic heterocycles. The Bertz CT molecular complexity index is 436. The summed E-state index contributed by atoms with van der Waals surface area (Å²) < 4.78 is 18.6. The zero-order valence-corrected chi connectivity index (χ0v) is 11.3. The molecule has 1 aromatic rings. The average Bonchev–Trinajstić information content (AvgIpc) is 3.12. The van der Waals surface area contributed by atoms with Crippen molar-refractivity contribution < 1.29 is 9.13 Å². The molecular formula is C15H18ClFO. The molecule has 18 heavy (non-hydrogen) atoms. The first-order chi connectivity index (χ1) is 8.72. The van der Waals surface area contributed by atoms with E-state index in [1.54, 1.807) is 6.07 Å². The first-order valence-corrected chi connectivity index (χ1v) is 7.13. The zero-order valence-electron chi connectivity index (χ0n) is 10.5. The Hall–Kier alpha value is -0.760. The van der Waals surface area contributed by atoms with E-state index in [2.05, 4.69) is 0 Å². The molecule has 98 valence electrons. The van der Waals surface area contributed by atoms with E-state index in [1.807, 2.05) is 6.07 Å². The van der Waals surface area contributed by atoms with Crippen LogP contribution in [0.4, 0.5) is 4.39 Å². The monoisotopic (exact) mass is 268 g/mol. The fraction of sp³-hybridized carbons (Fsp3) is 0.600. The normalized spacial score (nSPS) is 31.6. The summed E-state index contributed by atoms with van der Waals surface area (Å²) in [6.07, 6.45) is 5.27. The molecule has 0 radical (unpaired) electrons. The number of methoxy groups -OCH3 is 1. The molecule has 0 saturated heterocycles. The van der Waals surface area contributed by atoms with Gasteiger partial charge in [-0.25, -0.2) is 4.39 Å². The number of benzene rings is 1. The maximum Gasteiger partial charge on any atom is 0.165 e. The van der Waals surface area contributed by atoms with Gasteiger partial charge in [-0.3, -0.25) is 0 Å². The molecular weight excluding hydrogens is 251 g/mol. The lowest BCUT2D eigenvalue weighted by molar-refractivity contribution is 0.386. The van der Waals surface area contributed by atoms with Crippen molar-refractivity contribution in [2.45, 2.75) is 31.1 Å². The maximum absolute atomic E-state index is 13.7. The molecule has 2 aliphatic carbocycles. The third kappa shape index (κ3) is 2.01. The van der Waals surface area contributed by atoms with E-state index in [9.17, 15) is 4.39 Å². The Morgan fingerprint density at radius 3 is 2.50 bits per heavy atom. The molecule has 1 aromatic carbocycles. The van der Waals surface area contributed by atoms with Crippen LogP contribution in [0, 0.1) is 23.6 Å². The fourth-order valence-electron chi connectivity index (χ4n) is 3.56. The molecule has 3 heteroatoms. The lowest BCUT2D eigenvalue weighted by atomic mass is 10.0. The van der Waals surface area contributed by atoms with Gasteiger partial charge in [-0.15, -0.1) is 11.6 Å². The third-order valence-corrected chi connectivity index (χ3v) is 5.10. The van der Waals surface area contributed by atoms with Crippen LogP contribution >= 0.6 is 11.6 Å². The molecule has 3 unspecified atom stereocenters. The predicted octanol–water partition coefficient (Wildman–Crippen LogP) is 4.55. The van der Waals surface area contributed by atoms with E-state index in [-0.39, 0.29) is 16.9 Å². The highest BCUT2D eigenvalue weighted by Gasteiger charge is 2.53. The molecule has 0 heterocycles. The SMILES string of the molecule is COc1ccc(C(Cl)C2C3CCCCC32)cc1F. The van der Waals surface area contributed by atoms with Gasteiger partial charge < -0.3 is 4.74 Å².